The van der Waals surface area contributed by atoms with Crippen molar-refractivity contribution in [2.45, 2.75) is 59.7 Å². The predicted octanol–water partition coefficient (Wildman–Crippen LogP) is 3.85. The zero-order valence-corrected chi connectivity index (χ0v) is 10.5. The van der Waals surface area contributed by atoms with Crippen LogP contribution in [0.5, 0.6) is 0 Å². The highest BCUT2D eigenvalue weighted by molar-refractivity contribution is 6.18. The maximum absolute atomic E-state index is 5.85. The first-order valence-corrected chi connectivity index (χ1v) is 5.41. The van der Waals surface area contributed by atoms with Gasteiger partial charge in [0.1, 0.15) is 0 Å². The molecule has 0 spiro atoms. The van der Waals surface area contributed by atoms with Gasteiger partial charge in [-0.3, -0.25) is 0 Å². The van der Waals surface area contributed by atoms with Gasteiger partial charge in [-0.2, -0.15) is 0 Å². The molecule has 0 fully saturated rings. The van der Waals surface area contributed by atoms with Gasteiger partial charge in [0.25, 0.3) is 0 Å². The highest BCUT2D eigenvalue weighted by atomic mass is 35.5. The van der Waals surface area contributed by atoms with Crippen molar-refractivity contribution >= 4 is 11.6 Å². The Labute approximate surface area is 87.8 Å². The highest BCUT2D eigenvalue weighted by Crippen LogP contribution is 2.25. The fraction of sp³-hybridized carbons (Fsp3) is 1.00. The molecule has 0 heterocycles. The molecule has 0 aromatic carbocycles. The standard InChI is InChI=1S/C11H23ClO/c1-10(2,3)7-9(8-12)13-11(4,5)6/h9H,7-8H2,1-6H3. The van der Waals surface area contributed by atoms with Crippen LogP contribution in [0.4, 0.5) is 0 Å². The van der Waals surface area contributed by atoms with Crippen LogP contribution in [0, 0.1) is 5.41 Å². The van der Waals surface area contributed by atoms with Gasteiger partial charge in [-0.05, 0) is 32.6 Å². The van der Waals surface area contributed by atoms with Crippen LogP contribution in [-0.4, -0.2) is 17.6 Å². The summed E-state index contributed by atoms with van der Waals surface area (Å²) < 4.78 is 5.83. The maximum atomic E-state index is 5.85. The van der Waals surface area contributed by atoms with E-state index in [1.165, 1.54) is 0 Å². The Morgan fingerprint density at radius 2 is 1.54 bits per heavy atom. The Bertz CT molecular complexity index is 125. The van der Waals surface area contributed by atoms with E-state index in [0.29, 0.717) is 5.88 Å². The third-order valence-corrected chi connectivity index (χ3v) is 1.88. The van der Waals surface area contributed by atoms with Gasteiger partial charge in [0.05, 0.1) is 11.7 Å². The smallest absolute Gasteiger partial charge is 0.0722 e. The van der Waals surface area contributed by atoms with Crippen LogP contribution in [0.1, 0.15) is 48.0 Å². The molecule has 0 aliphatic heterocycles. The molecular formula is C11H23ClO. The molecule has 2 heteroatoms. The Morgan fingerprint density at radius 3 is 1.77 bits per heavy atom. The van der Waals surface area contributed by atoms with Crippen molar-refractivity contribution in [2.24, 2.45) is 5.41 Å². The van der Waals surface area contributed by atoms with Gasteiger partial charge in [0, 0.05) is 5.88 Å². The van der Waals surface area contributed by atoms with Crippen LogP contribution in [0.2, 0.25) is 0 Å². The molecule has 1 atom stereocenters. The lowest BCUT2D eigenvalue weighted by molar-refractivity contribution is -0.0633. The summed E-state index contributed by atoms with van der Waals surface area (Å²) in [7, 11) is 0. The summed E-state index contributed by atoms with van der Waals surface area (Å²) in [6.45, 7) is 12.8. The second-order valence-electron chi connectivity index (χ2n) is 5.77. The van der Waals surface area contributed by atoms with Gasteiger partial charge in [-0.15, -0.1) is 11.6 Å². The first-order chi connectivity index (χ1) is 5.64. The number of halogens is 1. The molecule has 0 saturated carbocycles. The van der Waals surface area contributed by atoms with Crippen molar-refractivity contribution in [3.05, 3.63) is 0 Å². The van der Waals surface area contributed by atoms with Crippen LogP contribution in [0.3, 0.4) is 0 Å². The minimum absolute atomic E-state index is 0.0925. The van der Waals surface area contributed by atoms with Gasteiger partial charge in [-0.25, -0.2) is 0 Å². The van der Waals surface area contributed by atoms with Crippen LogP contribution >= 0.6 is 11.6 Å². The molecule has 0 bridgehead atoms. The van der Waals surface area contributed by atoms with E-state index in [2.05, 4.69) is 41.5 Å². The minimum atomic E-state index is -0.0925. The van der Waals surface area contributed by atoms with E-state index >= 15 is 0 Å². The largest absolute Gasteiger partial charge is 0.371 e. The maximum Gasteiger partial charge on any atom is 0.0722 e. The SMILES string of the molecule is CC(C)(C)CC(CCl)OC(C)(C)C. The van der Waals surface area contributed by atoms with Gasteiger partial charge < -0.3 is 4.74 Å². The van der Waals surface area contributed by atoms with Crippen molar-refractivity contribution in [3.63, 3.8) is 0 Å². The minimum Gasteiger partial charge on any atom is -0.371 e. The number of hydrogen-bond donors (Lipinski definition) is 0. The summed E-state index contributed by atoms with van der Waals surface area (Å²) in [5.41, 5.74) is 0.190. The van der Waals surface area contributed by atoms with E-state index in [1.54, 1.807) is 0 Å². The van der Waals surface area contributed by atoms with E-state index in [1.807, 2.05) is 0 Å². The lowest BCUT2D eigenvalue weighted by Gasteiger charge is -2.30. The molecule has 0 rings (SSSR count). The summed E-state index contributed by atoms with van der Waals surface area (Å²) in [4.78, 5) is 0. The van der Waals surface area contributed by atoms with Crippen molar-refractivity contribution in [3.8, 4) is 0 Å². The molecule has 0 aromatic rings. The molecule has 0 aromatic heterocycles. The van der Waals surface area contributed by atoms with Crippen molar-refractivity contribution in [1.29, 1.82) is 0 Å². The van der Waals surface area contributed by atoms with E-state index in [9.17, 15) is 0 Å². The first kappa shape index (κ1) is 13.2. The number of alkyl halides is 1. The van der Waals surface area contributed by atoms with Crippen LogP contribution in [-0.2, 0) is 4.74 Å². The molecule has 0 radical (unpaired) electrons. The molecule has 0 saturated heterocycles. The predicted molar refractivity (Wildman–Crippen MR) is 59.4 cm³/mol. The van der Waals surface area contributed by atoms with Crippen LogP contribution < -0.4 is 0 Å². The molecule has 1 unspecified atom stereocenters. The van der Waals surface area contributed by atoms with Crippen molar-refractivity contribution in [2.75, 3.05) is 5.88 Å². The zero-order chi connectivity index (χ0) is 10.7. The molecule has 0 aliphatic rings. The molecular weight excluding hydrogens is 184 g/mol. The normalized spacial score (nSPS) is 15.9. The number of ether oxygens (including phenoxy) is 1. The summed E-state index contributed by atoms with van der Waals surface area (Å²) in [6, 6.07) is 0. The quantitative estimate of drug-likeness (QED) is 0.638. The second-order valence-corrected chi connectivity index (χ2v) is 6.08. The fourth-order valence-corrected chi connectivity index (χ4v) is 1.48. The van der Waals surface area contributed by atoms with E-state index in [0.717, 1.165) is 6.42 Å². The molecule has 80 valence electrons. The van der Waals surface area contributed by atoms with Gasteiger partial charge in [-0.1, -0.05) is 20.8 Å². The Kier molecular flexibility index (Phi) is 4.74. The molecule has 0 aliphatic carbocycles. The van der Waals surface area contributed by atoms with Crippen LogP contribution in [0.25, 0.3) is 0 Å². The van der Waals surface area contributed by atoms with Crippen molar-refractivity contribution < 1.29 is 4.74 Å². The average Bonchev–Trinajstić information content (AvgIpc) is 1.79. The summed E-state index contributed by atoms with van der Waals surface area (Å²) in [6.07, 6.45) is 1.18. The summed E-state index contributed by atoms with van der Waals surface area (Å²) in [5.74, 6) is 0.578. The lowest BCUT2D eigenvalue weighted by atomic mass is 9.89. The zero-order valence-electron chi connectivity index (χ0n) is 9.78. The third kappa shape index (κ3) is 8.58. The fourth-order valence-electron chi connectivity index (χ4n) is 1.31. The average molecular weight is 207 g/mol. The third-order valence-electron chi connectivity index (χ3n) is 1.53. The number of hydrogen-bond acceptors (Lipinski definition) is 1. The van der Waals surface area contributed by atoms with E-state index in [-0.39, 0.29) is 17.1 Å². The highest BCUT2D eigenvalue weighted by Gasteiger charge is 2.23. The summed E-state index contributed by atoms with van der Waals surface area (Å²) in [5, 5.41) is 0. The number of rotatable bonds is 3. The molecule has 0 amide bonds. The van der Waals surface area contributed by atoms with E-state index in [4.69, 9.17) is 16.3 Å². The Morgan fingerprint density at radius 1 is 1.08 bits per heavy atom. The molecule has 1 nitrogen and oxygen atoms in total. The first-order valence-electron chi connectivity index (χ1n) is 4.88. The van der Waals surface area contributed by atoms with Gasteiger partial charge in [0.15, 0.2) is 0 Å². The van der Waals surface area contributed by atoms with E-state index < -0.39 is 0 Å². The topological polar surface area (TPSA) is 9.23 Å². The Balaban J connectivity index is 4.05. The Hall–Kier alpha value is 0.250. The monoisotopic (exact) mass is 206 g/mol. The molecule has 0 N–H and O–H groups in total. The second kappa shape index (κ2) is 4.65. The van der Waals surface area contributed by atoms with Gasteiger partial charge in [0.2, 0.25) is 0 Å². The lowest BCUT2D eigenvalue weighted by Crippen LogP contribution is -2.31. The summed E-state index contributed by atoms with van der Waals surface area (Å²) >= 11 is 5.85. The van der Waals surface area contributed by atoms with Gasteiger partial charge >= 0.3 is 0 Å². The van der Waals surface area contributed by atoms with Crippen LogP contribution in [0.15, 0.2) is 0 Å². The van der Waals surface area contributed by atoms with Crippen molar-refractivity contribution in [1.82, 2.24) is 0 Å². The molecule has 13 heavy (non-hydrogen) atoms.